The molecule has 0 saturated heterocycles. The number of hydrogen-bond acceptors (Lipinski definition) is 1. The monoisotopic (exact) mass is 877 g/mol. The fourth-order valence-electron chi connectivity index (χ4n) is 10.2. The average molecular weight is 878 g/mol. The molecule has 0 aliphatic rings. The first kappa shape index (κ1) is 41.4. The van der Waals surface area contributed by atoms with Gasteiger partial charge in [0.2, 0.25) is 0 Å². The Morgan fingerprint density at radius 3 is 1.00 bits per heavy atom. The summed E-state index contributed by atoms with van der Waals surface area (Å²) in [5, 5.41) is 4.97. The van der Waals surface area contributed by atoms with E-state index < -0.39 is 0 Å². The van der Waals surface area contributed by atoms with Gasteiger partial charge in [0.05, 0.1) is 0 Å². The highest BCUT2D eigenvalue weighted by atomic mass is 15.1. The molecule has 0 unspecified atom stereocenters. The van der Waals surface area contributed by atoms with E-state index in [1.54, 1.807) is 0 Å². The highest BCUT2D eigenvalue weighted by Gasteiger charge is 2.21. The van der Waals surface area contributed by atoms with Gasteiger partial charge in [-0.25, -0.2) is 0 Å². The molecule has 0 radical (unpaired) electrons. The van der Waals surface area contributed by atoms with E-state index in [1.165, 1.54) is 88.3 Å². The van der Waals surface area contributed by atoms with Crippen LogP contribution in [0.1, 0.15) is 0 Å². The van der Waals surface area contributed by atoms with Crippen molar-refractivity contribution in [3.05, 3.63) is 285 Å². The zero-order chi connectivity index (χ0) is 45.9. The van der Waals surface area contributed by atoms with E-state index in [4.69, 9.17) is 0 Å². The molecule has 1 nitrogen and oxygen atoms in total. The molecule has 0 saturated carbocycles. The van der Waals surface area contributed by atoms with Crippen molar-refractivity contribution < 1.29 is 0 Å². The summed E-state index contributed by atoms with van der Waals surface area (Å²) in [5.74, 6) is 0. The van der Waals surface area contributed by atoms with Crippen LogP contribution in [0.25, 0.3) is 99.4 Å². The first-order chi connectivity index (χ1) is 34.2. The third-order valence-corrected chi connectivity index (χ3v) is 13.4. The summed E-state index contributed by atoms with van der Waals surface area (Å²) in [6, 6.07) is 104. The van der Waals surface area contributed by atoms with E-state index in [1.807, 2.05) is 0 Å². The van der Waals surface area contributed by atoms with Gasteiger partial charge < -0.3 is 4.90 Å². The maximum absolute atomic E-state index is 2.43. The molecule has 12 aromatic carbocycles. The predicted octanol–water partition coefficient (Wildman–Crippen LogP) is 19.1. The van der Waals surface area contributed by atoms with Crippen molar-refractivity contribution in [3.8, 4) is 77.9 Å². The Hall–Kier alpha value is -9.04. The second-order valence-corrected chi connectivity index (χ2v) is 17.6. The summed E-state index contributed by atoms with van der Waals surface area (Å²) in [6.07, 6.45) is 0. The molecule has 1 heteroatoms. The summed E-state index contributed by atoms with van der Waals surface area (Å²) in [5.41, 5.74) is 19.9. The van der Waals surface area contributed by atoms with Crippen molar-refractivity contribution in [2.45, 2.75) is 0 Å². The average Bonchev–Trinajstić information content (AvgIpc) is 3.44. The summed E-state index contributed by atoms with van der Waals surface area (Å²) in [6.45, 7) is 0. The molecule has 0 aliphatic carbocycles. The molecule has 0 atom stereocenters. The molecule has 69 heavy (non-hydrogen) atoms. The molecule has 12 aromatic rings. The zero-order valence-corrected chi connectivity index (χ0v) is 38.1. The second kappa shape index (κ2) is 18.3. The van der Waals surface area contributed by atoms with E-state index in [0.717, 1.165) is 28.2 Å². The molecule has 0 bridgehead atoms. The van der Waals surface area contributed by atoms with Crippen LogP contribution >= 0.6 is 0 Å². The van der Waals surface area contributed by atoms with Gasteiger partial charge in [0.1, 0.15) is 0 Å². The molecule has 0 heterocycles. The van der Waals surface area contributed by atoms with E-state index >= 15 is 0 Å². The first-order valence-electron chi connectivity index (χ1n) is 23.7. The quantitative estimate of drug-likeness (QED) is 0.124. The Morgan fingerprint density at radius 2 is 0.522 bits per heavy atom. The second-order valence-electron chi connectivity index (χ2n) is 17.6. The predicted molar refractivity (Wildman–Crippen MR) is 294 cm³/mol. The summed E-state index contributed by atoms with van der Waals surface area (Å²) < 4.78 is 0. The SMILES string of the molecule is c1ccc(-c2ccc(N(c3cccc(-c4ccc5c(c4)c(-c4ccccc4)c(-c4ccccc4)c4ccccc45)c3)c3ccc(-c4ccccc4)c(-c4ccccc4)c3)cc2-c2ccccc2)cc1. The van der Waals surface area contributed by atoms with Crippen molar-refractivity contribution in [2.75, 3.05) is 4.90 Å². The molecule has 0 fully saturated rings. The van der Waals surface area contributed by atoms with Crippen molar-refractivity contribution >= 4 is 38.6 Å². The van der Waals surface area contributed by atoms with Gasteiger partial charge in [-0.3, -0.25) is 0 Å². The van der Waals surface area contributed by atoms with Gasteiger partial charge in [-0.05, 0) is 142 Å². The Bertz CT molecular complexity index is 3610. The van der Waals surface area contributed by atoms with Crippen LogP contribution in [0, 0.1) is 0 Å². The molecule has 324 valence electrons. The maximum atomic E-state index is 2.43. The fraction of sp³-hybridized carbons (Fsp3) is 0. The Kier molecular flexibility index (Phi) is 11.0. The third-order valence-electron chi connectivity index (χ3n) is 13.4. The number of hydrogen-bond donors (Lipinski definition) is 0. The molecule has 0 spiro atoms. The van der Waals surface area contributed by atoms with Crippen molar-refractivity contribution in [1.29, 1.82) is 0 Å². The van der Waals surface area contributed by atoms with Gasteiger partial charge >= 0.3 is 0 Å². The van der Waals surface area contributed by atoms with E-state index in [2.05, 4.69) is 290 Å². The van der Waals surface area contributed by atoms with Crippen LogP contribution in [0.5, 0.6) is 0 Å². The number of fused-ring (bicyclic) bond motifs is 3. The lowest BCUT2D eigenvalue weighted by Crippen LogP contribution is -2.11. The Labute approximate surface area is 404 Å². The minimum absolute atomic E-state index is 1.07. The van der Waals surface area contributed by atoms with Gasteiger partial charge in [0.25, 0.3) is 0 Å². The number of nitrogens with zero attached hydrogens (tertiary/aromatic N) is 1. The highest BCUT2D eigenvalue weighted by molar-refractivity contribution is 6.22. The molecule has 0 aromatic heterocycles. The Morgan fingerprint density at radius 1 is 0.174 bits per heavy atom. The summed E-state index contributed by atoms with van der Waals surface area (Å²) in [4.78, 5) is 2.43. The van der Waals surface area contributed by atoms with Gasteiger partial charge in [0.15, 0.2) is 0 Å². The lowest BCUT2D eigenvalue weighted by atomic mass is 9.84. The Balaban J connectivity index is 1.09. The van der Waals surface area contributed by atoms with Crippen LogP contribution in [0.2, 0.25) is 0 Å². The fourth-order valence-corrected chi connectivity index (χ4v) is 10.2. The minimum atomic E-state index is 1.07. The molecular weight excluding hydrogens is 831 g/mol. The summed E-state index contributed by atoms with van der Waals surface area (Å²) in [7, 11) is 0. The van der Waals surface area contributed by atoms with Crippen LogP contribution in [0.4, 0.5) is 17.1 Å². The standard InChI is InChI=1S/C68H47N/c1-7-22-48(23-8-1)59-42-39-57(46-64(59)50-26-11-3-12-27-50)69(58-40-43-60(49-24-9-2-10-25-49)65(47-58)51-28-13-4-14-29-51)56-35-21-34-54(44-56)55-38-41-62-61-36-19-20-37-63(61)67(52-30-15-5-16-31-52)68(66(62)45-55)53-32-17-6-18-33-53/h1-47H. The van der Waals surface area contributed by atoms with Gasteiger partial charge in [-0.15, -0.1) is 0 Å². The molecule has 12 rings (SSSR count). The number of benzene rings is 12. The van der Waals surface area contributed by atoms with Crippen LogP contribution in [0.15, 0.2) is 285 Å². The normalized spacial score (nSPS) is 11.2. The van der Waals surface area contributed by atoms with Gasteiger partial charge in [-0.1, -0.05) is 243 Å². The highest BCUT2D eigenvalue weighted by Crippen LogP contribution is 2.47. The van der Waals surface area contributed by atoms with Crippen molar-refractivity contribution in [3.63, 3.8) is 0 Å². The maximum Gasteiger partial charge on any atom is 0.0468 e. The van der Waals surface area contributed by atoms with Crippen molar-refractivity contribution in [1.82, 2.24) is 0 Å². The van der Waals surface area contributed by atoms with Gasteiger partial charge in [0, 0.05) is 17.1 Å². The molecule has 0 N–H and O–H groups in total. The van der Waals surface area contributed by atoms with E-state index in [0.29, 0.717) is 0 Å². The largest absolute Gasteiger partial charge is 0.310 e. The lowest BCUT2D eigenvalue weighted by molar-refractivity contribution is 1.28. The summed E-state index contributed by atoms with van der Waals surface area (Å²) >= 11 is 0. The smallest absolute Gasteiger partial charge is 0.0468 e. The van der Waals surface area contributed by atoms with Crippen LogP contribution in [0.3, 0.4) is 0 Å². The van der Waals surface area contributed by atoms with Crippen molar-refractivity contribution in [2.24, 2.45) is 0 Å². The first-order valence-corrected chi connectivity index (χ1v) is 23.7. The number of rotatable bonds is 10. The topological polar surface area (TPSA) is 3.24 Å². The zero-order valence-electron chi connectivity index (χ0n) is 38.1. The third kappa shape index (κ3) is 7.97. The lowest BCUT2D eigenvalue weighted by Gasteiger charge is -2.28. The minimum Gasteiger partial charge on any atom is -0.310 e. The van der Waals surface area contributed by atoms with Crippen LogP contribution < -0.4 is 4.90 Å². The van der Waals surface area contributed by atoms with Crippen LogP contribution in [-0.2, 0) is 0 Å². The molecule has 0 aliphatic heterocycles. The molecular formula is C68H47N. The van der Waals surface area contributed by atoms with E-state index in [9.17, 15) is 0 Å². The van der Waals surface area contributed by atoms with Crippen LogP contribution in [-0.4, -0.2) is 0 Å². The molecule has 0 amide bonds. The number of anilines is 3. The van der Waals surface area contributed by atoms with E-state index in [-0.39, 0.29) is 0 Å². The van der Waals surface area contributed by atoms with Gasteiger partial charge in [-0.2, -0.15) is 0 Å².